The van der Waals surface area contributed by atoms with Gasteiger partial charge in [0.25, 0.3) is 0 Å². The molecule has 4 heteroatoms. The number of rotatable bonds is 5. The van der Waals surface area contributed by atoms with Crippen molar-refractivity contribution < 1.29 is 9.59 Å². The van der Waals surface area contributed by atoms with Crippen molar-refractivity contribution >= 4 is 12.2 Å². The molecule has 1 aromatic rings. The lowest BCUT2D eigenvalue weighted by Gasteiger charge is -2.22. The summed E-state index contributed by atoms with van der Waals surface area (Å²) < 4.78 is 0. The smallest absolute Gasteiger partial charge is 0.211 e. The van der Waals surface area contributed by atoms with Gasteiger partial charge >= 0.3 is 0 Å². The zero-order valence-electron chi connectivity index (χ0n) is 9.51. The van der Waals surface area contributed by atoms with E-state index in [1.807, 2.05) is 6.07 Å². The Kier molecular flexibility index (Phi) is 4.29. The van der Waals surface area contributed by atoms with Gasteiger partial charge < -0.3 is 0 Å². The fourth-order valence-electron chi connectivity index (χ4n) is 1.61. The van der Waals surface area contributed by atoms with Gasteiger partial charge in [0.1, 0.15) is 0 Å². The highest BCUT2D eigenvalue weighted by Gasteiger charge is 2.31. The number of isocyanates is 2. The van der Waals surface area contributed by atoms with Crippen molar-refractivity contribution in [3.63, 3.8) is 0 Å². The van der Waals surface area contributed by atoms with E-state index in [0.29, 0.717) is 5.56 Å². The van der Waals surface area contributed by atoms with E-state index < -0.39 is 5.66 Å². The van der Waals surface area contributed by atoms with E-state index >= 15 is 0 Å². The monoisotopic (exact) mass is 228 g/mol. The standard InChI is InChI=1S/C13H12N2O2/c1-11(2)8-13(14-9-16,15-10-17)12-6-4-3-5-7-12/h3-7H,1,8H2,2H3. The molecule has 0 atom stereocenters. The first kappa shape index (κ1) is 12.8. The Morgan fingerprint density at radius 1 is 1.24 bits per heavy atom. The molecule has 0 fully saturated rings. The molecule has 0 aliphatic carbocycles. The third-order valence-electron chi connectivity index (χ3n) is 2.25. The van der Waals surface area contributed by atoms with Crippen LogP contribution in [-0.4, -0.2) is 12.2 Å². The molecule has 0 aromatic heterocycles. The molecule has 0 saturated carbocycles. The van der Waals surface area contributed by atoms with Gasteiger partial charge in [0.2, 0.25) is 17.8 Å². The highest BCUT2D eigenvalue weighted by molar-refractivity contribution is 5.43. The average Bonchev–Trinajstić information content (AvgIpc) is 2.30. The maximum absolute atomic E-state index is 10.5. The highest BCUT2D eigenvalue weighted by atomic mass is 16.1. The Hall–Kier alpha value is -2.28. The molecule has 0 bridgehead atoms. The Bertz CT molecular complexity index is 477. The van der Waals surface area contributed by atoms with Crippen molar-refractivity contribution in [1.29, 1.82) is 0 Å². The molecule has 17 heavy (non-hydrogen) atoms. The second-order valence-electron chi connectivity index (χ2n) is 3.72. The van der Waals surface area contributed by atoms with Crippen LogP contribution in [0.5, 0.6) is 0 Å². The van der Waals surface area contributed by atoms with Crippen LogP contribution in [0, 0.1) is 0 Å². The van der Waals surface area contributed by atoms with E-state index in [1.165, 1.54) is 12.2 Å². The van der Waals surface area contributed by atoms with Gasteiger partial charge in [-0.3, -0.25) is 0 Å². The SMILES string of the molecule is C=C(C)CC(N=C=O)(N=C=O)c1ccccc1. The first-order chi connectivity index (χ1) is 8.14. The van der Waals surface area contributed by atoms with E-state index in [0.717, 1.165) is 5.57 Å². The number of aliphatic imine (C=N–C) groups is 2. The number of hydrogen-bond acceptors (Lipinski definition) is 4. The second kappa shape index (κ2) is 5.71. The van der Waals surface area contributed by atoms with Gasteiger partial charge in [-0.1, -0.05) is 42.5 Å². The predicted octanol–water partition coefficient (Wildman–Crippen LogP) is 2.48. The van der Waals surface area contributed by atoms with Crippen molar-refractivity contribution in [2.75, 3.05) is 0 Å². The Labute approximate surface area is 99.4 Å². The van der Waals surface area contributed by atoms with E-state index in [-0.39, 0.29) is 6.42 Å². The molecule has 0 radical (unpaired) electrons. The maximum atomic E-state index is 10.5. The lowest BCUT2D eigenvalue weighted by molar-refractivity contribution is 0.450. The fraction of sp³-hybridized carbons (Fsp3) is 0.231. The molecule has 0 N–H and O–H groups in total. The second-order valence-corrected chi connectivity index (χ2v) is 3.72. The molecular formula is C13H12N2O2. The van der Waals surface area contributed by atoms with Crippen molar-refractivity contribution in [2.45, 2.75) is 19.0 Å². The Morgan fingerprint density at radius 2 is 1.76 bits per heavy atom. The lowest BCUT2D eigenvalue weighted by atomic mass is 9.94. The Morgan fingerprint density at radius 3 is 2.18 bits per heavy atom. The van der Waals surface area contributed by atoms with Gasteiger partial charge in [0.05, 0.1) is 0 Å². The molecule has 0 heterocycles. The largest absolute Gasteiger partial charge is 0.237 e. The van der Waals surface area contributed by atoms with Crippen molar-refractivity contribution in [3.8, 4) is 0 Å². The fourth-order valence-corrected chi connectivity index (χ4v) is 1.61. The summed E-state index contributed by atoms with van der Waals surface area (Å²) in [6, 6.07) is 8.87. The number of nitrogens with zero attached hydrogens (tertiary/aromatic N) is 2. The summed E-state index contributed by atoms with van der Waals surface area (Å²) in [5.74, 6) is 0. The van der Waals surface area contributed by atoms with Crippen molar-refractivity contribution in [3.05, 3.63) is 48.0 Å². The van der Waals surface area contributed by atoms with Crippen molar-refractivity contribution in [1.82, 2.24) is 0 Å². The summed E-state index contributed by atoms with van der Waals surface area (Å²) in [7, 11) is 0. The van der Waals surface area contributed by atoms with Gasteiger partial charge in [0, 0.05) is 12.0 Å². The third kappa shape index (κ3) is 3.08. The van der Waals surface area contributed by atoms with E-state index in [9.17, 15) is 9.59 Å². The molecule has 0 saturated heterocycles. The normalized spacial score (nSPS) is 12.8. The van der Waals surface area contributed by atoms with Crippen LogP contribution in [0.15, 0.2) is 52.5 Å². The minimum absolute atomic E-state index is 0.265. The molecule has 0 aliphatic heterocycles. The van der Waals surface area contributed by atoms with E-state index in [4.69, 9.17) is 0 Å². The molecule has 86 valence electrons. The molecule has 0 unspecified atom stereocenters. The van der Waals surface area contributed by atoms with Gasteiger partial charge in [-0.2, -0.15) is 9.98 Å². The van der Waals surface area contributed by atoms with Crippen LogP contribution in [-0.2, 0) is 15.3 Å². The summed E-state index contributed by atoms with van der Waals surface area (Å²) in [6.07, 6.45) is 3.18. The summed E-state index contributed by atoms with van der Waals surface area (Å²) in [4.78, 5) is 28.4. The van der Waals surface area contributed by atoms with Gasteiger partial charge in [-0.25, -0.2) is 9.59 Å². The van der Waals surface area contributed by atoms with Crippen molar-refractivity contribution in [2.24, 2.45) is 9.98 Å². The number of carbonyl (C=O) groups excluding carboxylic acids is 2. The van der Waals surface area contributed by atoms with Crippen LogP contribution >= 0.6 is 0 Å². The quantitative estimate of drug-likeness (QED) is 0.441. The summed E-state index contributed by atoms with van der Waals surface area (Å²) in [6.45, 7) is 5.53. The van der Waals surface area contributed by atoms with E-state index in [2.05, 4.69) is 16.6 Å². The van der Waals surface area contributed by atoms with Crippen LogP contribution in [0.3, 0.4) is 0 Å². The van der Waals surface area contributed by atoms with Gasteiger partial charge in [-0.05, 0) is 6.92 Å². The summed E-state index contributed by atoms with van der Waals surface area (Å²) >= 11 is 0. The van der Waals surface area contributed by atoms with Crippen LogP contribution in [0.4, 0.5) is 0 Å². The zero-order chi connectivity index (χ0) is 12.7. The van der Waals surface area contributed by atoms with E-state index in [1.54, 1.807) is 31.2 Å². The number of hydrogen-bond donors (Lipinski definition) is 0. The maximum Gasteiger partial charge on any atom is 0.237 e. The molecule has 0 aliphatic rings. The highest BCUT2D eigenvalue weighted by Crippen LogP contribution is 2.33. The predicted molar refractivity (Wildman–Crippen MR) is 63.8 cm³/mol. The lowest BCUT2D eigenvalue weighted by Crippen LogP contribution is -2.21. The summed E-state index contributed by atoms with van der Waals surface area (Å²) in [5, 5.41) is 0. The number of benzene rings is 1. The molecule has 0 spiro atoms. The zero-order valence-corrected chi connectivity index (χ0v) is 9.51. The molecule has 4 nitrogen and oxygen atoms in total. The first-order valence-corrected chi connectivity index (χ1v) is 5.02. The average molecular weight is 228 g/mol. The molecule has 1 aromatic carbocycles. The van der Waals surface area contributed by atoms with Gasteiger partial charge in [-0.15, -0.1) is 0 Å². The van der Waals surface area contributed by atoms with Crippen LogP contribution < -0.4 is 0 Å². The minimum Gasteiger partial charge on any atom is -0.211 e. The molecule has 1 rings (SSSR count). The Balaban J connectivity index is 3.39. The summed E-state index contributed by atoms with van der Waals surface area (Å²) in [5.41, 5.74) is 0.109. The third-order valence-corrected chi connectivity index (χ3v) is 2.25. The van der Waals surface area contributed by atoms with Crippen LogP contribution in [0.1, 0.15) is 18.9 Å². The first-order valence-electron chi connectivity index (χ1n) is 5.02. The minimum atomic E-state index is -1.28. The molecular weight excluding hydrogens is 216 g/mol. The van der Waals surface area contributed by atoms with Crippen LogP contribution in [0.2, 0.25) is 0 Å². The topological polar surface area (TPSA) is 58.9 Å². The van der Waals surface area contributed by atoms with Gasteiger partial charge in [0.15, 0.2) is 0 Å². The van der Waals surface area contributed by atoms with Crippen LogP contribution in [0.25, 0.3) is 0 Å². The molecule has 0 amide bonds.